The first-order valence-corrected chi connectivity index (χ1v) is 19.5. The second-order valence-corrected chi connectivity index (χ2v) is 15.1. The van der Waals surface area contributed by atoms with E-state index in [1.807, 2.05) is 42.5 Å². The van der Waals surface area contributed by atoms with Crippen LogP contribution in [0, 0.1) is 11.8 Å². The van der Waals surface area contributed by atoms with Crippen LogP contribution >= 0.6 is 0 Å². The van der Waals surface area contributed by atoms with Crippen LogP contribution in [0.15, 0.2) is 176 Å². The van der Waals surface area contributed by atoms with Crippen molar-refractivity contribution in [2.45, 2.75) is 31.6 Å². The fourth-order valence-electron chi connectivity index (χ4n) is 8.75. The zero-order chi connectivity index (χ0) is 36.6. The van der Waals surface area contributed by atoms with Crippen LogP contribution in [-0.2, 0) is 0 Å². The van der Waals surface area contributed by atoms with E-state index >= 15 is 0 Å². The molecule has 0 radical (unpaired) electrons. The minimum Gasteiger partial charge on any atom is -0.228 e. The molecule has 2 fully saturated rings. The summed E-state index contributed by atoms with van der Waals surface area (Å²) in [6.45, 7) is 0. The number of hydrogen-bond donors (Lipinski definition) is 0. The van der Waals surface area contributed by atoms with E-state index in [0.29, 0.717) is 11.7 Å². The first-order valence-electron chi connectivity index (χ1n) is 19.5. The Morgan fingerprint density at radius 3 is 1.07 bits per heavy atom. The molecule has 0 saturated heterocycles. The maximum atomic E-state index is 5.11. The quantitative estimate of drug-likeness (QED) is 0.158. The molecule has 2 aromatic heterocycles. The summed E-state index contributed by atoms with van der Waals surface area (Å²) in [5.74, 6) is 3.92. The Kier molecular flexibility index (Phi) is 8.64. The van der Waals surface area contributed by atoms with Crippen molar-refractivity contribution >= 4 is 0 Å². The first-order chi connectivity index (χ1) is 27.2. The average molecular weight is 709 g/mol. The fraction of sp³-hybridized carbons (Fsp3) is 0.137. The highest BCUT2D eigenvalue weighted by molar-refractivity contribution is 5.77. The summed E-state index contributed by atoms with van der Waals surface area (Å²) in [5.41, 5.74) is 13.6. The maximum absolute atomic E-state index is 5.11. The summed E-state index contributed by atoms with van der Waals surface area (Å²) in [6.07, 6.45) is 5.57. The molecule has 3 unspecified atom stereocenters. The number of hydrogen-bond acceptors (Lipinski definition) is 4. The Balaban J connectivity index is 0.997. The van der Waals surface area contributed by atoms with Crippen LogP contribution in [-0.4, -0.2) is 19.9 Å². The van der Waals surface area contributed by atoms with Gasteiger partial charge in [0.15, 0.2) is 11.6 Å². The van der Waals surface area contributed by atoms with E-state index in [0.717, 1.165) is 73.8 Å². The largest absolute Gasteiger partial charge is 0.228 e. The molecule has 4 heteroatoms. The molecule has 10 rings (SSSR count). The molecular weight excluding hydrogens is 669 g/mol. The Morgan fingerprint density at radius 2 is 0.691 bits per heavy atom. The van der Waals surface area contributed by atoms with E-state index in [1.165, 1.54) is 42.4 Å². The van der Waals surface area contributed by atoms with Gasteiger partial charge in [0.25, 0.3) is 0 Å². The molecule has 3 atom stereocenters. The van der Waals surface area contributed by atoms with Crippen molar-refractivity contribution in [3.8, 4) is 78.9 Å². The Morgan fingerprint density at radius 1 is 0.327 bits per heavy atom. The number of benzene rings is 6. The molecule has 2 saturated carbocycles. The molecule has 2 aliphatic rings. The third kappa shape index (κ3) is 6.77. The van der Waals surface area contributed by atoms with Gasteiger partial charge in [0.1, 0.15) is 0 Å². The Bertz CT molecular complexity index is 2570. The smallest absolute Gasteiger partial charge is 0.160 e. The summed E-state index contributed by atoms with van der Waals surface area (Å²) >= 11 is 0. The Hall–Kier alpha value is -6.52. The van der Waals surface area contributed by atoms with Crippen LogP contribution in [0.3, 0.4) is 0 Å². The number of nitrogens with zero attached hydrogens (tertiary/aromatic N) is 4. The van der Waals surface area contributed by atoms with Gasteiger partial charge in [0.05, 0.1) is 22.8 Å². The van der Waals surface area contributed by atoms with E-state index in [9.17, 15) is 0 Å². The normalized spacial score (nSPS) is 17.3. The number of rotatable bonds is 8. The Labute approximate surface area is 322 Å². The monoisotopic (exact) mass is 708 g/mol. The van der Waals surface area contributed by atoms with Crippen LogP contribution in [0.25, 0.3) is 78.9 Å². The average Bonchev–Trinajstić information content (AvgIpc) is 3.92. The zero-order valence-corrected chi connectivity index (χ0v) is 30.6. The molecule has 2 aliphatic carbocycles. The first kappa shape index (κ1) is 33.1. The molecule has 264 valence electrons. The van der Waals surface area contributed by atoms with Crippen molar-refractivity contribution in [1.82, 2.24) is 19.9 Å². The van der Waals surface area contributed by atoms with E-state index in [1.54, 1.807) is 0 Å². The molecule has 55 heavy (non-hydrogen) atoms. The van der Waals surface area contributed by atoms with Gasteiger partial charge in [-0.3, -0.25) is 0 Å². The standard InChI is InChI=1S/C51H40N4/c1-4-10-35(11-5-1)36-18-22-38(23-19-36)46-32-48(54-50(52-46)42-12-6-2-7-13-42)40-26-28-41(29-27-40)49-33-47(53-51(55-49)43-14-8-3-9-15-43)39-24-20-37(21-25-39)45-31-34-16-17-44(45)30-34/h1-15,18-29,32-34,44-45H,16-17,30-31H2. The second-order valence-electron chi connectivity index (χ2n) is 15.1. The number of aromatic nitrogens is 4. The van der Waals surface area contributed by atoms with Crippen molar-refractivity contribution < 1.29 is 0 Å². The predicted molar refractivity (Wildman–Crippen MR) is 224 cm³/mol. The molecule has 0 amide bonds. The van der Waals surface area contributed by atoms with Gasteiger partial charge in [-0.05, 0) is 65.8 Å². The molecular formula is C51H40N4. The van der Waals surface area contributed by atoms with E-state index in [2.05, 4.69) is 133 Å². The van der Waals surface area contributed by atoms with Gasteiger partial charge in [-0.2, -0.15) is 0 Å². The van der Waals surface area contributed by atoms with Gasteiger partial charge in [0, 0.05) is 33.4 Å². The molecule has 8 aromatic rings. The summed E-state index contributed by atoms with van der Waals surface area (Å²) in [5, 5.41) is 0. The third-order valence-corrected chi connectivity index (χ3v) is 11.7. The highest BCUT2D eigenvalue weighted by atomic mass is 14.9. The van der Waals surface area contributed by atoms with Crippen molar-refractivity contribution in [1.29, 1.82) is 0 Å². The fourth-order valence-corrected chi connectivity index (χ4v) is 8.75. The lowest BCUT2D eigenvalue weighted by Crippen LogP contribution is -2.08. The van der Waals surface area contributed by atoms with Gasteiger partial charge >= 0.3 is 0 Å². The van der Waals surface area contributed by atoms with Crippen molar-refractivity contribution in [2.24, 2.45) is 11.8 Å². The highest BCUT2D eigenvalue weighted by Crippen LogP contribution is 2.53. The van der Waals surface area contributed by atoms with Crippen LogP contribution in [0.4, 0.5) is 0 Å². The highest BCUT2D eigenvalue weighted by Gasteiger charge is 2.40. The second kappa shape index (κ2) is 14.4. The lowest BCUT2D eigenvalue weighted by Gasteiger charge is -2.22. The summed E-state index contributed by atoms with van der Waals surface area (Å²) in [6, 6.07) is 61.6. The van der Waals surface area contributed by atoms with Gasteiger partial charge in [-0.15, -0.1) is 0 Å². The van der Waals surface area contributed by atoms with E-state index < -0.39 is 0 Å². The van der Waals surface area contributed by atoms with Crippen LogP contribution in [0.2, 0.25) is 0 Å². The van der Waals surface area contributed by atoms with E-state index in [-0.39, 0.29) is 0 Å². The van der Waals surface area contributed by atoms with E-state index in [4.69, 9.17) is 19.9 Å². The van der Waals surface area contributed by atoms with Crippen molar-refractivity contribution in [2.75, 3.05) is 0 Å². The van der Waals surface area contributed by atoms with Gasteiger partial charge in [-0.25, -0.2) is 19.9 Å². The van der Waals surface area contributed by atoms with Crippen molar-refractivity contribution in [3.05, 3.63) is 181 Å². The predicted octanol–water partition coefficient (Wildman–Crippen LogP) is 12.8. The molecule has 2 heterocycles. The van der Waals surface area contributed by atoms with Crippen LogP contribution in [0.1, 0.15) is 37.2 Å². The summed E-state index contributed by atoms with van der Waals surface area (Å²) in [7, 11) is 0. The van der Waals surface area contributed by atoms with Gasteiger partial charge in [0.2, 0.25) is 0 Å². The molecule has 4 nitrogen and oxygen atoms in total. The van der Waals surface area contributed by atoms with Gasteiger partial charge < -0.3 is 0 Å². The van der Waals surface area contributed by atoms with Gasteiger partial charge in [-0.1, -0.05) is 170 Å². The molecule has 0 N–H and O–H groups in total. The molecule has 6 aromatic carbocycles. The molecule has 0 aliphatic heterocycles. The van der Waals surface area contributed by atoms with Crippen molar-refractivity contribution in [3.63, 3.8) is 0 Å². The minimum absolute atomic E-state index is 0.698. The summed E-state index contributed by atoms with van der Waals surface area (Å²) < 4.78 is 0. The SMILES string of the molecule is c1ccc(-c2ccc(-c3cc(-c4ccc(-c5cc(-c6ccc(C7CC8CCC7C8)cc6)nc(-c6ccccc6)n5)cc4)nc(-c4ccccc4)n3)cc2)cc1. The molecule has 2 bridgehead atoms. The third-order valence-electron chi connectivity index (χ3n) is 11.7. The topological polar surface area (TPSA) is 51.6 Å². The summed E-state index contributed by atoms with van der Waals surface area (Å²) in [4.78, 5) is 20.3. The minimum atomic E-state index is 0.698. The number of fused-ring (bicyclic) bond motifs is 2. The zero-order valence-electron chi connectivity index (χ0n) is 30.6. The lowest BCUT2D eigenvalue weighted by atomic mass is 9.83. The van der Waals surface area contributed by atoms with Crippen LogP contribution in [0.5, 0.6) is 0 Å². The van der Waals surface area contributed by atoms with Crippen LogP contribution < -0.4 is 0 Å². The lowest BCUT2D eigenvalue weighted by molar-refractivity contribution is 0.420. The molecule has 0 spiro atoms. The maximum Gasteiger partial charge on any atom is 0.160 e.